The second-order valence-corrected chi connectivity index (χ2v) is 8.10. The molecule has 1 N–H and O–H groups in total. The number of aliphatic hydroxyl groups is 1. The summed E-state index contributed by atoms with van der Waals surface area (Å²) >= 11 is 0. The minimum Gasteiger partial charge on any atom is -0.451 e. The van der Waals surface area contributed by atoms with Crippen LogP contribution >= 0.6 is 0 Å². The number of aliphatic hydroxyl groups excluding tert-OH is 1. The largest absolute Gasteiger partial charge is 0.451 e. The summed E-state index contributed by atoms with van der Waals surface area (Å²) in [6.07, 6.45) is 0.781. The molecular weight excluding hydrogens is 370 g/mol. The van der Waals surface area contributed by atoms with Gasteiger partial charge >= 0.3 is 0 Å². The first-order valence-corrected chi connectivity index (χ1v) is 10.4. The maximum absolute atomic E-state index is 13.1. The molecule has 0 bridgehead atoms. The number of hydrogen-bond acceptors (Lipinski definition) is 5. The number of fused-ring (bicyclic) bond motifs is 1. The summed E-state index contributed by atoms with van der Waals surface area (Å²) in [5.41, 5.74) is 1.59. The number of para-hydroxylation sites is 1. The van der Waals surface area contributed by atoms with Gasteiger partial charge in [0.15, 0.2) is 5.76 Å². The molecule has 7 nitrogen and oxygen atoms in total. The zero-order chi connectivity index (χ0) is 20.5. The van der Waals surface area contributed by atoms with E-state index >= 15 is 0 Å². The molecule has 156 valence electrons. The molecule has 2 aromatic rings. The number of nitrogens with zero attached hydrogens (tertiary/aromatic N) is 3. The van der Waals surface area contributed by atoms with Gasteiger partial charge in [0.1, 0.15) is 5.58 Å². The van der Waals surface area contributed by atoms with Gasteiger partial charge in [0.2, 0.25) is 5.91 Å². The highest BCUT2D eigenvalue weighted by atomic mass is 16.3. The third-order valence-corrected chi connectivity index (χ3v) is 6.39. The highest BCUT2D eigenvalue weighted by Crippen LogP contribution is 2.27. The standard InChI is InChI=1S/C22H29N3O4/c1-15-17-5-3-4-6-20(17)29-21(15)22(28)25-9-7-18(19(27)8-10-25)24-13-11-23(12-14-24)16(2)26/h3-6,18-19,27H,7-14H2,1-2H3/t18-,19-/m0/s1. The van der Waals surface area contributed by atoms with Crippen LogP contribution in [-0.4, -0.2) is 83.0 Å². The van der Waals surface area contributed by atoms with Gasteiger partial charge in [0.05, 0.1) is 6.10 Å². The highest BCUT2D eigenvalue weighted by molar-refractivity contribution is 5.98. The highest BCUT2D eigenvalue weighted by Gasteiger charge is 2.34. The van der Waals surface area contributed by atoms with E-state index < -0.39 is 6.10 Å². The Balaban J connectivity index is 1.44. The van der Waals surface area contributed by atoms with Gasteiger partial charge in [-0.1, -0.05) is 18.2 Å². The molecule has 2 fully saturated rings. The molecule has 0 saturated carbocycles. The van der Waals surface area contributed by atoms with Gasteiger partial charge < -0.3 is 19.3 Å². The van der Waals surface area contributed by atoms with Gasteiger partial charge in [-0.2, -0.15) is 0 Å². The van der Waals surface area contributed by atoms with Crippen LogP contribution in [0.1, 0.15) is 35.9 Å². The Hall–Kier alpha value is -2.38. The summed E-state index contributed by atoms with van der Waals surface area (Å²) in [5, 5.41) is 11.7. The smallest absolute Gasteiger partial charge is 0.289 e. The van der Waals surface area contributed by atoms with E-state index in [2.05, 4.69) is 4.90 Å². The number of carbonyl (C=O) groups excluding carboxylic acids is 2. The fraction of sp³-hybridized carbons (Fsp3) is 0.545. The lowest BCUT2D eigenvalue weighted by Crippen LogP contribution is -2.54. The maximum atomic E-state index is 13.1. The Kier molecular flexibility index (Phi) is 5.61. The molecule has 2 amide bonds. The van der Waals surface area contributed by atoms with Crippen LogP contribution in [-0.2, 0) is 4.79 Å². The maximum Gasteiger partial charge on any atom is 0.289 e. The zero-order valence-electron chi connectivity index (χ0n) is 17.1. The Morgan fingerprint density at radius 1 is 1.00 bits per heavy atom. The van der Waals surface area contributed by atoms with Crippen LogP contribution in [0.25, 0.3) is 11.0 Å². The van der Waals surface area contributed by atoms with Crippen LogP contribution in [0.2, 0.25) is 0 Å². The predicted octanol–water partition coefficient (Wildman–Crippen LogP) is 1.87. The number of amides is 2. The van der Waals surface area contributed by atoms with Crippen molar-refractivity contribution in [3.05, 3.63) is 35.6 Å². The molecule has 2 aliphatic heterocycles. The SMILES string of the molecule is CC(=O)N1CCN([C@H]2CCN(C(=O)c3oc4ccccc4c3C)CC[C@@H]2O)CC1. The summed E-state index contributed by atoms with van der Waals surface area (Å²) in [6.45, 7) is 7.53. The van der Waals surface area contributed by atoms with Crippen LogP contribution < -0.4 is 0 Å². The molecule has 3 heterocycles. The number of aryl methyl sites for hydroxylation is 1. The van der Waals surface area contributed by atoms with Gasteiger partial charge in [0, 0.05) is 63.2 Å². The average Bonchev–Trinajstić information content (AvgIpc) is 2.94. The Labute approximate surface area is 170 Å². The van der Waals surface area contributed by atoms with Crippen molar-refractivity contribution < 1.29 is 19.1 Å². The van der Waals surface area contributed by atoms with E-state index in [1.54, 1.807) is 11.8 Å². The van der Waals surface area contributed by atoms with Gasteiger partial charge in [-0.3, -0.25) is 14.5 Å². The van der Waals surface area contributed by atoms with Gasteiger partial charge in [-0.05, 0) is 25.8 Å². The molecule has 2 saturated heterocycles. The van der Waals surface area contributed by atoms with Crippen molar-refractivity contribution in [3.63, 3.8) is 0 Å². The third-order valence-electron chi connectivity index (χ3n) is 6.39. The number of hydrogen-bond donors (Lipinski definition) is 1. The summed E-state index contributed by atoms with van der Waals surface area (Å²) in [5.74, 6) is 0.395. The second-order valence-electron chi connectivity index (χ2n) is 8.10. The van der Waals surface area contributed by atoms with Crippen molar-refractivity contribution in [2.45, 2.75) is 38.8 Å². The van der Waals surface area contributed by atoms with E-state index in [0.717, 1.165) is 29.6 Å². The topological polar surface area (TPSA) is 77.2 Å². The van der Waals surface area contributed by atoms with Gasteiger partial charge in [-0.15, -0.1) is 0 Å². The predicted molar refractivity (Wildman–Crippen MR) is 110 cm³/mol. The monoisotopic (exact) mass is 399 g/mol. The first-order valence-electron chi connectivity index (χ1n) is 10.4. The van der Waals surface area contributed by atoms with Crippen LogP contribution in [0.3, 0.4) is 0 Å². The molecule has 0 radical (unpaired) electrons. The lowest BCUT2D eigenvalue weighted by atomic mass is 10.0. The Morgan fingerprint density at radius 2 is 1.69 bits per heavy atom. The van der Waals surface area contributed by atoms with Crippen LogP contribution in [0.5, 0.6) is 0 Å². The first kappa shape index (κ1) is 19.9. The Bertz CT molecular complexity index is 901. The van der Waals surface area contributed by atoms with Crippen LogP contribution in [0, 0.1) is 6.92 Å². The van der Waals surface area contributed by atoms with Gasteiger partial charge in [-0.25, -0.2) is 0 Å². The molecule has 2 atom stereocenters. The Morgan fingerprint density at radius 3 is 2.38 bits per heavy atom. The van der Waals surface area contributed by atoms with Crippen molar-refractivity contribution in [2.24, 2.45) is 0 Å². The van der Waals surface area contributed by atoms with E-state index in [1.165, 1.54) is 0 Å². The molecule has 0 unspecified atom stereocenters. The number of furan rings is 1. The molecule has 1 aromatic heterocycles. The fourth-order valence-corrected chi connectivity index (χ4v) is 4.59. The van der Waals surface area contributed by atoms with E-state index in [9.17, 15) is 14.7 Å². The van der Waals surface area contributed by atoms with E-state index in [1.807, 2.05) is 36.1 Å². The second kappa shape index (κ2) is 8.16. The van der Waals surface area contributed by atoms with E-state index in [0.29, 0.717) is 44.8 Å². The average molecular weight is 399 g/mol. The van der Waals surface area contributed by atoms with Crippen molar-refractivity contribution in [3.8, 4) is 0 Å². The molecule has 7 heteroatoms. The molecule has 29 heavy (non-hydrogen) atoms. The molecular formula is C22H29N3O4. The summed E-state index contributed by atoms with van der Waals surface area (Å²) in [4.78, 5) is 30.6. The zero-order valence-corrected chi connectivity index (χ0v) is 17.1. The van der Waals surface area contributed by atoms with Crippen molar-refractivity contribution >= 4 is 22.8 Å². The van der Waals surface area contributed by atoms with Crippen LogP contribution in [0.4, 0.5) is 0 Å². The van der Waals surface area contributed by atoms with E-state index in [-0.39, 0.29) is 17.9 Å². The number of piperazine rings is 1. The first-order chi connectivity index (χ1) is 14.0. The number of rotatable bonds is 2. The summed E-state index contributed by atoms with van der Waals surface area (Å²) in [6, 6.07) is 7.70. The van der Waals surface area contributed by atoms with E-state index in [4.69, 9.17) is 4.42 Å². The molecule has 2 aliphatic rings. The molecule has 0 aliphatic carbocycles. The lowest BCUT2D eigenvalue weighted by Gasteiger charge is -2.40. The number of likely N-dealkylation sites (tertiary alicyclic amines) is 1. The van der Waals surface area contributed by atoms with Crippen molar-refractivity contribution in [1.29, 1.82) is 0 Å². The molecule has 0 spiro atoms. The van der Waals surface area contributed by atoms with Crippen molar-refractivity contribution in [1.82, 2.24) is 14.7 Å². The number of benzene rings is 1. The lowest BCUT2D eigenvalue weighted by molar-refractivity contribution is -0.131. The third kappa shape index (κ3) is 3.89. The molecule has 1 aromatic carbocycles. The minimum absolute atomic E-state index is 0.0127. The summed E-state index contributed by atoms with van der Waals surface area (Å²) < 4.78 is 5.86. The van der Waals surface area contributed by atoms with Crippen molar-refractivity contribution in [2.75, 3.05) is 39.3 Å². The quantitative estimate of drug-likeness (QED) is 0.834. The number of carbonyl (C=O) groups is 2. The van der Waals surface area contributed by atoms with Crippen LogP contribution in [0.15, 0.2) is 28.7 Å². The molecule has 4 rings (SSSR count). The summed E-state index contributed by atoms with van der Waals surface area (Å²) in [7, 11) is 0. The normalized spacial score (nSPS) is 24.0. The van der Waals surface area contributed by atoms with Gasteiger partial charge in [0.25, 0.3) is 5.91 Å². The fourth-order valence-electron chi connectivity index (χ4n) is 4.59. The minimum atomic E-state index is -0.478.